The van der Waals surface area contributed by atoms with Gasteiger partial charge in [0, 0.05) is 26.2 Å². The van der Waals surface area contributed by atoms with Gasteiger partial charge in [0.05, 0.1) is 16.1 Å². The lowest BCUT2D eigenvalue weighted by molar-refractivity contribution is 0.203. The quantitative estimate of drug-likeness (QED) is 0.835. The van der Waals surface area contributed by atoms with Gasteiger partial charge < -0.3 is 5.32 Å². The molecule has 1 N–H and O–H groups in total. The maximum atomic E-state index is 6.06. The summed E-state index contributed by atoms with van der Waals surface area (Å²) in [7, 11) is 0. The zero-order valence-electron chi connectivity index (χ0n) is 10.4. The molecule has 1 fully saturated rings. The lowest BCUT2D eigenvalue weighted by atomic mass is 10.0. The van der Waals surface area contributed by atoms with Crippen LogP contribution < -0.4 is 5.32 Å². The maximum Gasteiger partial charge on any atom is 0.0595 e. The van der Waals surface area contributed by atoms with Crippen molar-refractivity contribution in [3.63, 3.8) is 0 Å². The van der Waals surface area contributed by atoms with Crippen molar-refractivity contribution in [2.24, 2.45) is 0 Å². The van der Waals surface area contributed by atoms with Gasteiger partial charge in [0.25, 0.3) is 0 Å². The van der Waals surface area contributed by atoms with Gasteiger partial charge in [0.2, 0.25) is 0 Å². The van der Waals surface area contributed by atoms with Crippen LogP contribution in [0.15, 0.2) is 30.9 Å². The summed E-state index contributed by atoms with van der Waals surface area (Å²) >= 11 is 12.0. The lowest BCUT2D eigenvalue weighted by Gasteiger charge is -2.33. The molecule has 0 saturated carbocycles. The minimum atomic E-state index is 0. The molecule has 1 atom stereocenters. The highest BCUT2D eigenvalue weighted by atomic mass is 35.5. The summed E-state index contributed by atoms with van der Waals surface area (Å²) in [5, 5.41) is 4.54. The fourth-order valence-corrected chi connectivity index (χ4v) is 2.46. The number of nitrogens with zero attached hydrogens (tertiary/aromatic N) is 1. The van der Waals surface area contributed by atoms with Crippen LogP contribution in [0, 0.1) is 0 Å². The number of halogens is 4. The normalized spacial score (nSPS) is 16.9. The van der Waals surface area contributed by atoms with Gasteiger partial charge in [-0.15, -0.1) is 31.4 Å². The molecule has 6 heteroatoms. The molecule has 0 aromatic heterocycles. The Hall–Kier alpha value is 0.0400. The smallest absolute Gasteiger partial charge is 0.0595 e. The first-order valence-electron chi connectivity index (χ1n) is 5.74. The highest BCUT2D eigenvalue weighted by molar-refractivity contribution is 6.42. The third kappa shape index (κ3) is 4.82. The molecule has 0 spiro atoms. The standard InChI is InChI=1S/C13H16Cl2N2.2ClH/c1-2-13(17-7-5-16-6-8-17)10-3-4-11(14)12(15)9-10;;/h2-4,9,13,16H,1,5-8H2;2*1H/t13-;;/m0../s1. The van der Waals surface area contributed by atoms with E-state index in [-0.39, 0.29) is 30.9 Å². The minimum Gasteiger partial charge on any atom is -0.314 e. The third-order valence-corrected chi connectivity index (χ3v) is 3.79. The number of nitrogens with one attached hydrogen (secondary N) is 1. The summed E-state index contributed by atoms with van der Waals surface area (Å²) in [6, 6.07) is 6.01. The van der Waals surface area contributed by atoms with Crippen molar-refractivity contribution in [3.05, 3.63) is 46.5 Å². The summed E-state index contributed by atoms with van der Waals surface area (Å²) < 4.78 is 0. The van der Waals surface area contributed by atoms with Crippen LogP contribution in [-0.2, 0) is 0 Å². The highest BCUT2D eigenvalue weighted by Crippen LogP contribution is 2.29. The first-order chi connectivity index (χ1) is 8.22. The molecule has 19 heavy (non-hydrogen) atoms. The summed E-state index contributed by atoms with van der Waals surface area (Å²) in [5.41, 5.74) is 1.15. The van der Waals surface area contributed by atoms with E-state index in [1.165, 1.54) is 0 Å². The van der Waals surface area contributed by atoms with Crippen LogP contribution in [-0.4, -0.2) is 31.1 Å². The fourth-order valence-electron chi connectivity index (χ4n) is 2.15. The van der Waals surface area contributed by atoms with Crippen molar-refractivity contribution in [1.82, 2.24) is 10.2 Å². The fraction of sp³-hybridized carbons (Fsp3) is 0.385. The van der Waals surface area contributed by atoms with E-state index < -0.39 is 0 Å². The maximum absolute atomic E-state index is 6.06. The Morgan fingerprint density at radius 2 is 1.79 bits per heavy atom. The van der Waals surface area contributed by atoms with Crippen LogP contribution >= 0.6 is 48.0 Å². The second kappa shape index (κ2) is 9.06. The van der Waals surface area contributed by atoms with E-state index in [1.54, 1.807) is 0 Å². The van der Waals surface area contributed by atoms with E-state index in [1.807, 2.05) is 24.3 Å². The van der Waals surface area contributed by atoms with E-state index in [4.69, 9.17) is 23.2 Å². The molecule has 0 amide bonds. The van der Waals surface area contributed by atoms with Gasteiger partial charge in [-0.25, -0.2) is 0 Å². The van der Waals surface area contributed by atoms with Crippen molar-refractivity contribution < 1.29 is 0 Å². The molecule has 2 nitrogen and oxygen atoms in total. The van der Waals surface area contributed by atoms with E-state index in [0.29, 0.717) is 10.0 Å². The lowest BCUT2D eigenvalue weighted by Crippen LogP contribution is -2.44. The average molecular weight is 344 g/mol. The molecule has 0 unspecified atom stereocenters. The molecule has 2 rings (SSSR count). The molecule has 1 heterocycles. The van der Waals surface area contributed by atoms with E-state index in [0.717, 1.165) is 31.7 Å². The summed E-state index contributed by atoms with van der Waals surface area (Å²) in [5.74, 6) is 0. The van der Waals surface area contributed by atoms with Gasteiger partial charge in [-0.3, -0.25) is 4.90 Å². The van der Waals surface area contributed by atoms with Crippen LogP contribution in [0.1, 0.15) is 11.6 Å². The Labute approximate surface area is 137 Å². The highest BCUT2D eigenvalue weighted by Gasteiger charge is 2.19. The van der Waals surface area contributed by atoms with Crippen molar-refractivity contribution in [2.45, 2.75) is 6.04 Å². The molecule has 1 aliphatic rings. The minimum absolute atomic E-state index is 0. The Morgan fingerprint density at radius 1 is 1.16 bits per heavy atom. The SMILES string of the molecule is C=C[C@@H](c1ccc(Cl)c(Cl)c1)N1CCNCC1.Cl.Cl. The predicted molar refractivity (Wildman–Crippen MR) is 88.3 cm³/mol. The Kier molecular flexibility index (Phi) is 9.08. The molecule has 0 aliphatic carbocycles. The largest absolute Gasteiger partial charge is 0.314 e. The van der Waals surface area contributed by atoms with Crippen LogP contribution in [0.5, 0.6) is 0 Å². The zero-order valence-corrected chi connectivity index (χ0v) is 13.6. The van der Waals surface area contributed by atoms with Gasteiger partial charge in [-0.1, -0.05) is 35.3 Å². The van der Waals surface area contributed by atoms with E-state index in [9.17, 15) is 0 Å². The topological polar surface area (TPSA) is 15.3 Å². The summed E-state index contributed by atoms with van der Waals surface area (Å²) in [6.07, 6.45) is 1.96. The predicted octanol–water partition coefficient (Wildman–Crippen LogP) is 3.97. The molecule has 108 valence electrons. The summed E-state index contributed by atoms with van der Waals surface area (Å²) in [6.45, 7) is 8.02. The molecule has 1 aliphatic heterocycles. The van der Waals surface area contributed by atoms with Crippen molar-refractivity contribution in [1.29, 1.82) is 0 Å². The van der Waals surface area contributed by atoms with E-state index >= 15 is 0 Å². The number of benzene rings is 1. The van der Waals surface area contributed by atoms with Gasteiger partial charge in [0.15, 0.2) is 0 Å². The number of hydrogen-bond donors (Lipinski definition) is 1. The number of rotatable bonds is 3. The third-order valence-electron chi connectivity index (χ3n) is 3.05. The first kappa shape index (κ1) is 19.0. The van der Waals surface area contributed by atoms with Crippen molar-refractivity contribution in [2.75, 3.05) is 26.2 Å². The van der Waals surface area contributed by atoms with Crippen LogP contribution in [0.2, 0.25) is 10.0 Å². The second-order valence-electron chi connectivity index (χ2n) is 4.14. The van der Waals surface area contributed by atoms with Crippen LogP contribution in [0.4, 0.5) is 0 Å². The molecule has 0 radical (unpaired) electrons. The first-order valence-corrected chi connectivity index (χ1v) is 6.50. The number of hydrogen-bond acceptors (Lipinski definition) is 2. The van der Waals surface area contributed by atoms with Crippen molar-refractivity contribution >= 4 is 48.0 Å². The Balaban J connectivity index is 0.00000162. The molecule has 1 aromatic carbocycles. The van der Waals surface area contributed by atoms with E-state index in [2.05, 4.69) is 16.8 Å². The molecular formula is C13H18Cl4N2. The monoisotopic (exact) mass is 342 g/mol. The molecule has 1 saturated heterocycles. The van der Waals surface area contributed by atoms with Crippen molar-refractivity contribution in [3.8, 4) is 0 Å². The van der Waals surface area contributed by atoms with Gasteiger partial charge >= 0.3 is 0 Å². The second-order valence-corrected chi connectivity index (χ2v) is 4.95. The van der Waals surface area contributed by atoms with Gasteiger partial charge in [-0.2, -0.15) is 0 Å². The average Bonchev–Trinajstić information content (AvgIpc) is 2.36. The van der Waals surface area contributed by atoms with Gasteiger partial charge in [-0.05, 0) is 17.7 Å². The Morgan fingerprint density at radius 3 is 2.32 bits per heavy atom. The van der Waals surface area contributed by atoms with Crippen LogP contribution in [0.3, 0.4) is 0 Å². The van der Waals surface area contributed by atoms with Gasteiger partial charge in [0.1, 0.15) is 0 Å². The summed E-state index contributed by atoms with van der Waals surface area (Å²) in [4.78, 5) is 2.39. The van der Waals surface area contributed by atoms with Crippen LogP contribution in [0.25, 0.3) is 0 Å². The Bertz CT molecular complexity index is 406. The number of piperazine rings is 1. The molecular weight excluding hydrogens is 326 g/mol. The molecule has 0 bridgehead atoms. The zero-order chi connectivity index (χ0) is 12.3. The molecule has 1 aromatic rings.